The molecule has 94 valence electrons. The Morgan fingerprint density at radius 2 is 2.00 bits per heavy atom. The van der Waals surface area contributed by atoms with E-state index in [0.29, 0.717) is 19.3 Å². The zero-order valence-electron chi connectivity index (χ0n) is 10.0. The van der Waals surface area contributed by atoms with E-state index in [-0.39, 0.29) is 5.91 Å². The molecule has 18 heavy (non-hydrogen) atoms. The molecule has 1 saturated carbocycles. The number of carboxylic acids is 1. The highest BCUT2D eigenvalue weighted by molar-refractivity contribution is 5.99. The van der Waals surface area contributed by atoms with Crippen LogP contribution in [-0.4, -0.2) is 17.0 Å². The van der Waals surface area contributed by atoms with Gasteiger partial charge in [0, 0.05) is 5.69 Å². The molecule has 1 aliphatic carbocycles. The van der Waals surface area contributed by atoms with E-state index in [4.69, 9.17) is 0 Å². The fraction of sp³-hybridized carbons (Fsp3) is 0.429. The molecule has 0 saturated heterocycles. The van der Waals surface area contributed by atoms with Crippen molar-refractivity contribution in [3.05, 3.63) is 29.3 Å². The number of carbonyl (C=O) groups is 2. The Balaban J connectivity index is 2.04. The number of aliphatic carboxylic acids is 1. The Morgan fingerprint density at radius 1 is 1.28 bits per heavy atom. The van der Waals surface area contributed by atoms with Gasteiger partial charge in [0.05, 0.1) is 11.8 Å². The average Bonchev–Trinajstić information content (AvgIpc) is 2.92. The zero-order valence-corrected chi connectivity index (χ0v) is 10.0. The lowest BCUT2D eigenvalue weighted by Crippen LogP contribution is -2.32. The first-order valence-electron chi connectivity index (χ1n) is 6.28. The van der Waals surface area contributed by atoms with Crippen LogP contribution in [0.3, 0.4) is 0 Å². The normalized spacial score (nSPS) is 20.6. The monoisotopic (exact) mass is 245 g/mol. The number of anilines is 1. The lowest BCUT2D eigenvalue weighted by atomic mass is 9.78. The first kappa shape index (κ1) is 11.3. The van der Waals surface area contributed by atoms with Gasteiger partial charge >= 0.3 is 5.97 Å². The average molecular weight is 245 g/mol. The molecule has 1 aliphatic heterocycles. The molecule has 1 aromatic rings. The van der Waals surface area contributed by atoms with Gasteiger partial charge in [-0.25, -0.2) is 0 Å². The number of benzene rings is 1. The topological polar surface area (TPSA) is 66.4 Å². The highest BCUT2D eigenvalue weighted by Crippen LogP contribution is 2.43. The van der Waals surface area contributed by atoms with Crippen molar-refractivity contribution in [3.8, 4) is 0 Å². The first-order valence-corrected chi connectivity index (χ1v) is 6.28. The van der Waals surface area contributed by atoms with Crippen LogP contribution >= 0.6 is 0 Å². The second-order valence-electron chi connectivity index (χ2n) is 5.19. The molecule has 1 aromatic carbocycles. The predicted octanol–water partition coefficient (Wildman–Crippen LogP) is 2.08. The van der Waals surface area contributed by atoms with E-state index >= 15 is 0 Å². The van der Waals surface area contributed by atoms with Crippen LogP contribution in [-0.2, 0) is 21.4 Å². The molecule has 0 atom stereocenters. The predicted molar refractivity (Wildman–Crippen MR) is 66.6 cm³/mol. The minimum absolute atomic E-state index is 0.0158. The highest BCUT2D eigenvalue weighted by atomic mass is 16.4. The van der Waals surface area contributed by atoms with Gasteiger partial charge in [0.15, 0.2) is 0 Å². The molecule has 0 radical (unpaired) electrons. The summed E-state index contributed by atoms with van der Waals surface area (Å²) < 4.78 is 0. The number of carboxylic acid groups (broad SMARTS) is 1. The van der Waals surface area contributed by atoms with E-state index in [1.54, 1.807) is 0 Å². The maximum Gasteiger partial charge on any atom is 0.314 e. The summed E-state index contributed by atoms with van der Waals surface area (Å²) in [4.78, 5) is 22.9. The summed E-state index contributed by atoms with van der Waals surface area (Å²) in [6.45, 7) is 0. The molecule has 3 rings (SSSR count). The Morgan fingerprint density at radius 3 is 2.67 bits per heavy atom. The summed E-state index contributed by atoms with van der Waals surface area (Å²) in [5.74, 6) is -0.762. The number of rotatable bonds is 2. The fourth-order valence-electron chi connectivity index (χ4n) is 3.12. The lowest BCUT2D eigenvalue weighted by molar-refractivity contribution is -0.143. The largest absolute Gasteiger partial charge is 0.481 e. The minimum atomic E-state index is -0.748. The number of hydrogen-bond acceptors (Lipinski definition) is 2. The molecule has 1 heterocycles. The van der Waals surface area contributed by atoms with E-state index in [2.05, 4.69) is 5.32 Å². The SMILES string of the molecule is O=C1Cc2ccc(C3(C(=O)O)CCCC3)cc2N1. The van der Waals surface area contributed by atoms with Gasteiger partial charge in [0.25, 0.3) is 0 Å². The Hall–Kier alpha value is -1.84. The van der Waals surface area contributed by atoms with Crippen molar-refractivity contribution in [2.45, 2.75) is 37.5 Å². The van der Waals surface area contributed by atoms with Gasteiger partial charge in [-0.15, -0.1) is 0 Å². The van der Waals surface area contributed by atoms with Gasteiger partial charge in [0.1, 0.15) is 0 Å². The molecule has 2 N–H and O–H groups in total. The van der Waals surface area contributed by atoms with Crippen LogP contribution in [0.25, 0.3) is 0 Å². The highest BCUT2D eigenvalue weighted by Gasteiger charge is 2.43. The van der Waals surface area contributed by atoms with E-state index in [9.17, 15) is 14.7 Å². The van der Waals surface area contributed by atoms with E-state index < -0.39 is 11.4 Å². The summed E-state index contributed by atoms with van der Waals surface area (Å²) in [6.07, 6.45) is 3.69. The van der Waals surface area contributed by atoms with Crippen molar-refractivity contribution in [1.29, 1.82) is 0 Å². The van der Waals surface area contributed by atoms with E-state index in [1.807, 2.05) is 18.2 Å². The summed E-state index contributed by atoms with van der Waals surface area (Å²) in [5, 5.41) is 12.3. The second kappa shape index (κ2) is 3.83. The summed E-state index contributed by atoms with van der Waals surface area (Å²) in [6, 6.07) is 5.60. The van der Waals surface area contributed by atoms with Crippen LogP contribution in [0.1, 0.15) is 36.8 Å². The molecular weight excluding hydrogens is 230 g/mol. The molecular formula is C14H15NO3. The molecule has 0 spiro atoms. The number of nitrogens with one attached hydrogen (secondary N) is 1. The van der Waals surface area contributed by atoms with Crippen molar-refractivity contribution in [3.63, 3.8) is 0 Å². The van der Waals surface area contributed by atoms with E-state index in [0.717, 1.165) is 29.7 Å². The third-order valence-corrected chi connectivity index (χ3v) is 4.15. The van der Waals surface area contributed by atoms with Crippen molar-refractivity contribution in [2.24, 2.45) is 0 Å². The standard InChI is InChI=1S/C14H15NO3/c16-12-7-9-3-4-10(8-11(9)15-12)14(13(17)18)5-1-2-6-14/h3-4,8H,1-2,5-7H2,(H,15,16)(H,17,18). The van der Waals surface area contributed by atoms with Gasteiger partial charge in [-0.3, -0.25) is 9.59 Å². The van der Waals surface area contributed by atoms with Gasteiger partial charge in [0.2, 0.25) is 5.91 Å². The van der Waals surface area contributed by atoms with Crippen molar-refractivity contribution in [1.82, 2.24) is 0 Å². The third kappa shape index (κ3) is 1.52. The van der Waals surface area contributed by atoms with Gasteiger partial charge in [-0.2, -0.15) is 0 Å². The van der Waals surface area contributed by atoms with Crippen LogP contribution in [0, 0.1) is 0 Å². The van der Waals surface area contributed by atoms with Crippen LogP contribution in [0.15, 0.2) is 18.2 Å². The first-order chi connectivity index (χ1) is 8.62. The minimum Gasteiger partial charge on any atom is -0.481 e. The number of hydrogen-bond donors (Lipinski definition) is 2. The number of carbonyl (C=O) groups excluding carboxylic acids is 1. The Kier molecular flexibility index (Phi) is 2.40. The molecule has 1 amide bonds. The van der Waals surface area contributed by atoms with Gasteiger partial charge in [-0.05, 0) is 30.0 Å². The smallest absolute Gasteiger partial charge is 0.314 e. The molecule has 2 aliphatic rings. The molecule has 1 fully saturated rings. The third-order valence-electron chi connectivity index (χ3n) is 4.15. The quantitative estimate of drug-likeness (QED) is 0.838. The molecule has 4 nitrogen and oxygen atoms in total. The zero-order chi connectivity index (χ0) is 12.8. The molecule has 0 aromatic heterocycles. The Bertz CT molecular complexity index is 530. The van der Waals surface area contributed by atoms with Crippen LogP contribution in [0.4, 0.5) is 5.69 Å². The van der Waals surface area contributed by atoms with Crippen molar-refractivity contribution in [2.75, 3.05) is 5.32 Å². The van der Waals surface area contributed by atoms with Crippen LogP contribution in [0.5, 0.6) is 0 Å². The number of amides is 1. The van der Waals surface area contributed by atoms with Crippen LogP contribution in [0.2, 0.25) is 0 Å². The molecule has 0 unspecified atom stereocenters. The summed E-state index contributed by atoms with van der Waals surface area (Å²) >= 11 is 0. The molecule has 4 heteroatoms. The maximum atomic E-state index is 11.6. The van der Waals surface area contributed by atoms with Crippen LogP contribution < -0.4 is 5.32 Å². The van der Waals surface area contributed by atoms with Gasteiger partial charge < -0.3 is 10.4 Å². The van der Waals surface area contributed by atoms with Crippen molar-refractivity contribution < 1.29 is 14.7 Å². The second-order valence-corrected chi connectivity index (χ2v) is 5.19. The van der Waals surface area contributed by atoms with Gasteiger partial charge in [-0.1, -0.05) is 25.0 Å². The fourth-order valence-corrected chi connectivity index (χ4v) is 3.12. The maximum absolute atomic E-state index is 11.6. The number of fused-ring (bicyclic) bond motifs is 1. The van der Waals surface area contributed by atoms with Crippen molar-refractivity contribution >= 4 is 17.6 Å². The summed E-state index contributed by atoms with van der Waals surface area (Å²) in [5.41, 5.74) is 1.82. The lowest BCUT2D eigenvalue weighted by Gasteiger charge is -2.24. The molecule has 0 bridgehead atoms. The summed E-state index contributed by atoms with van der Waals surface area (Å²) in [7, 11) is 0. The van der Waals surface area contributed by atoms with E-state index in [1.165, 1.54) is 0 Å². The Labute approximate surface area is 105 Å².